The lowest BCUT2D eigenvalue weighted by atomic mass is 9.87. The Labute approximate surface area is 125 Å². The van der Waals surface area contributed by atoms with Crippen molar-refractivity contribution in [3.8, 4) is 17.1 Å². The van der Waals surface area contributed by atoms with Gasteiger partial charge >= 0.3 is 0 Å². The standard InChI is InChI=1S/C16H23N3O2/c1-16(2,3)10-11(17)9-14-18-15(19-21-14)12-7-5-6-8-13(12)20-4/h5-8,11H,9-10,17H2,1-4H3. The van der Waals surface area contributed by atoms with Gasteiger partial charge in [0.15, 0.2) is 0 Å². The molecule has 1 unspecified atom stereocenters. The molecule has 0 bridgehead atoms. The minimum atomic E-state index is 0.0102. The van der Waals surface area contributed by atoms with Crippen LogP contribution in [0.15, 0.2) is 28.8 Å². The molecule has 114 valence electrons. The zero-order valence-electron chi connectivity index (χ0n) is 13.1. The highest BCUT2D eigenvalue weighted by molar-refractivity contribution is 5.63. The van der Waals surface area contributed by atoms with E-state index in [4.69, 9.17) is 15.0 Å². The van der Waals surface area contributed by atoms with Crippen LogP contribution < -0.4 is 10.5 Å². The van der Waals surface area contributed by atoms with Crippen molar-refractivity contribution < 1.29 is 9.26 Å². The Balaban J connectivity index is 2.11. The molecule has 0 spiro atoms. The molecule has 0 saturated heterocycles. The van der Waals surface area contributed by atoms with Crippen LogP contribution in [0.5, 0.6) is 5.75 Å². The summed E-state index contributed by atoms with van der Waals surface area (Å²) >= 11 is 0. The van der Waals surface area contributed by atoms with E-state index < -0.39 is 0 Å². The fraction of sp³-hybridized carbons (Fsp3) is 0.500. The summed E-state index contributed by atoms with van der Waals surface area (Å²) < 4.78 is 10.6. The summed E-state index contributed by atoms with van der Waals surface area (Å²) in [5.41, 5.74) is 7.15. The van der Waals surface area contributed by atoms with E-state index in [0.717, 1.165) is 17.7 Å². The van der Waals surface area contributed by atoms with Gasteiger partial charge in [0.05, 0.1) is 12.7 Å². The Kier molecular flexibility index (Phi) is 4.63. The van der Waals surface area contributed by atoms with E-state index in [1.807, 2.05) is 24.3 Å². The van der Waals surface area contributed by atoms with Crippen LogP contribution in [-0.2, 0) is 6.42 Å². The average molecular weight is 289 g/mol. The molecule has 1 heterocycles. The normalized spacial score (nSPS) is 13.2. The Hall–Kier alpha value is -1.88. The first kappa shape index (κ1) is 15.5. The number of hydrogen-bond acceptors (Lipinski definition) is 5. The van der Waals surface area contributed by atoms with E-state index in [9.17, 15) is 0 Å². The molecule has 0 amide bonds. The predicted molar refractivity (Wildman–Crippen MR) is 82.0 cm³/mol. The summed E-state index contributed by atoms with van der Waals surface area (Å²) in [5.74, 6) is 1.82. The highest BCUT2D eigenvalue weighted by Crippen LogP contribution is 2.27. The lowest BCUT2D eigenvalue weighted by Gasteiger charge is -2.21. The van der Waals surface area contributed by atoms with E-state index >= 15 is 0 Å². The molecule has 2 aromatic rings. The second-order valence-corrected chi connectivity index (χ2v) is 6.44. The van der Waals surface area contributed by atoms with Crippen molar-refractivity contribution in [2.24, 2.45) is 11.1 Å². The summed E-state index contributed by atoms with van der Waals surface area (Å²) in [6.07, 6.45) is 1.48. The zero-order valence-corrected chi connectivity index (χ0v) is 13.1. The van der Waals surface area contributed by atoms with Crippen LogP contribution in [0, 0.1) is 5.41 Å². The monoisotopic (exact) mass is 289 g/mol. The van der Waals surface area contributed by atoms with Crippen LogP contribution in [0.4, 0.5) is 0 Å². The summed E-state index contributed by atoms with van der Waals surface area (Å²) in [6.45, 7) is 6.50. The molecule has 1 atom stereocenters. The number of hydrogen-bond donors (Lipinski definition) is 1. The smallest absolute Gasteiger partial charge is 0.228 e. The molecule has 2 N–H and O–H groups in total. The van der Waals surface area contributed by atoms with Crippen molar-refractivity contribution in [2.75, 3.05) is 7.11 Å². The third-order valence-electron chi connectivity index (χ3n) is 3.13. The Bertz CT molecular complexity index is 587. The van der Waals surface area contributed by atoms with Crippen LogP contribution in [0.25, 0.3) is 11.4 Å². The fourth-order valence-corrected chi connectivity index (χ4v) is 2.36. The molecule has 5 heteroatoms. The number of aromatic nitrogens is 2. The maximum Gasteiger partial charge on any atom is 0.228 e. The van der Waals surface area contributed by atoms with Crippen molar-refractivity contribution in [3.63, 3.8) is 0 Å². The summed E-state index contributed by atoms with van der Waals surface area (Å²) in [5, 5.41) is 4.02. The van der Waals surface area contributed by atoms with Crippen LogP contribution in [0.2, 0.25) is 0 Å². The molecule has 21 heavy (non-hydrogen) atoms. The van der Waals surface area contributed by atoms with Crippen molar-refractivity contribution in [1.82, 2.24) is 10.1 Å². The topological polar surface area (TPSA) is 74.2 Å². The van der Waals surface area contributed by atoms with Crippen LogP contribution in [-0.4, -0.2) is 23.3 Å². The first-order valence-corrected chi connectivity index (χ1v) is 7.10. The van der Waals surface area contributed by atoms with Gasteiger partial charge in [0.2, 0.25) is 11.7 Å². The van der Waals surface area contributed by atoms with Crippen LogP contribution >= 0.6 is 0 Å². The summed E-state index contributed by atoms with van der Waals surface area (Å²) in [4.78, 5) is 4.42. The van der Waals surface area contributed by atoms with E-state index in [1.165, 1.54) is 0 Å². The lowest BCUT2D eigenvalue weighted by molar-refractivity contribution is 0.313. The molecular weight excluding hydrogens is 266 g/mol. The van der Waals surface area contributed by atoms with Crippen molar-refractivity contribution in [3.05, 3.63) is 30.2 Å². The molecule has 2 rings (SSSR count). The molecule has 5 nitrogen and oxygen atoms in total. The van der Waals surface area contributed by atoms with E-state index in [2.05, 4.69) is 30.9 Å². The van der Waals surface area contributed by atoms with Gasteiger partial charge in [0, 0.05) is 12.5 Å². The van der Waals surface area contributed by atoms with Gasteiger partial charge in [0.1, 0.15) is 5.75 Å². The average Bonchev–Trinajstić information content (AvgIpc) is 2.84. The van der Waals surface area contributed by atoms with E-state index in [1.54, 1.807) is 7.11 Å². The number of ether oxygens (including phenoxy) is 1. The molecule has 0 radical (unpaired) electrons. The molecule has 0 fully saturated rings. The van der Waals surface area contributed by atoms with Crippen molar-refractivity contribution >= 4 is 0 Å². The second kappa shape index (κ2) is 6.26. The number of methoxy groups -OCH3 is 1. The highest BCUT2D eigenvalue weighted by Gasteiger charge is 2.19. The number of para-hydroxylation sites is 1. The van der Waals surface area contributed by atoms with Gasteiger partial charge < -0.3 is 15.0 Å². The largest absolute Gasteiger partial charge is 0.496 e. The third-order valence-corrected chi connectivity index (χ3v) is 3.13. The summed E-state index contributed by atoms with van der Waals surface area (Å²) in [7, 11) is 1.62. The Morgan fingerprint density at radius 2 is 2.00 bits per heavy atom. The van der Waals surface area contributed by atoms with Gasteiger partial charge in [-0.1, -0.05) is 38.1 Å². The van der Waals surface area contributed by atoms with Gasteiger partial charge in [-0.3, -0.25) is 0 Å². The van der Waals surface area contributed by atoms with Crippen molar-refractivity contribution in [2.45, 2.75) is 39.7 Å². The van der Waals surface area contributed by atoms with Gasteiger partial charge in [-0.2, -0.15) is 4.98 Å². The van der Waals surface area contributed by atoms with Gasteiger partial charge in [0.25, 0.3) is 0 Å². The quantitative estimate of drug-likeness (QED) is 0.915. The number of benzene rings is 1. The Morgan fingerprint density at radius 3 is 2.67 bits per heavy atom. The molecule has 0 saturated carbocycles. The molecule has 0 aliphatic carbocycles. The molecule has 1 aromatic heterocycles. The van der Waals surface area contributed by atoms with Gasteiger partial charge in [-0.25, -0.2) is 0 Å². The second-order valence-electron chi connectivity index (χ2n) is 6.44. The highest BCUT2D eigenvalue weighted by atomic mass is 16.5. The van der Waals surface area contributed by atoms with Crippen LogP contribution in [0.1, 0.15) is 33.1 Å². The molecule has 0 aliphatic heterocycles. The molecule has 0 aliphatic rings. The predicted octanol–water partition coefficient (Wildman–Crippen LogP) is 3.05. The van der Waals surface area contributed by atoms with Gasteiger partial charge in [-0.05, 0) is 24.0 Å². The van der Waals surface area contributed by atoms with E-state index in [-0.39, 0.29) is 11.5 Å². The molecule has 1 aromatic carbocycles. The number of nitrogens with zero attached hydrogens (tertiary/aromatic N) is 2. The minimum absolute atomic E-state index is 0.0102. The summed E-state index contributed by atoms with van der Waals surface area (Å²) in [6, 6.07) is 7.61. The lowest BCUT2D eigenvalue weighted by Crippen LogP contribution is -2.28. The fourth-order valence-electron chi connectivity index (χ4n) is 2.36. The molecular formula is C16H23N3O2. The van der Waals surface area contributed by atoms with Crippen LogP contribution in [0.3, 0.4) is 0 Å². The Morgan fingerprint density at radius 1 is 1.29 bits per heavy atom. The minimum Gasteiger partial charge on any atom is -0.496 e. The first-order chi connectivity index (χ1) is 9.89. The maximum atomic E-state index is 6.14. The van der Waals surface area contributed by atoms with Gasteiger partial charge in [-0.15, -0.1) is 0 Å². The van der Waals surface area contributed by atoms with E-state index in [0.29, 0.717) is 18.1 Å². The van der Waals surface area contributed by atoms with Crippen molar-refractivity contribution in [1.29, 1.82) is 0 Å². The maximum absolute atomic E-state index is 6.14. The number of rotatable bonds is 5. The number of nitrogens with two attached hydrogens (primary N) is 1. The third kappa shape index (κ3) is 4.29. The SMILES string of the molecule is COc1ccccc1-c1noc(CC(N)CC(C)(C)C)n1. The first-order valence-electron chi connectivity index (χ1n) is 7.10. The zero-order chi connectivity index (χ0) is 15.5.